The first-order chi connectivity index (χ1) is 20.9. The van der Waals surface area contributed by atoms with Gasteiger partial charge in [0.05, 0.1) is 5.52 Å². The predicted molar refractivity (Wildman–Crippen MR) is 164 cm³/mol. The number of hydrogen-bond donors (Lipinski definition) is 2. The fourth-order valence-electron chi connectivity index (χ4n) is 6.25. The van der Waals surface area contributed by atoms with Crippen LogP contribution in [0, 0.1) is 11.6 Å². The number of aromatic amines is 1. The van der Waals surface area contributed by atoms with Crippen molar-refractivity contribution in [1.82, 2.24) is 19.4 Å². The molecule has 1 saturated heterocycles. The van der Waals surface area contributed by atoms with Crippen molar-refractivity contribution >= 4 is 21.8 Å². The van der Waals surface area contributed by atoms with E-state index < -0.39 is 17.7 Å². The molecule has 6 nitrogen and oxygen atoms in total. The number of rotatable bonds is 5. The summed E-state index contributed by atoms with van der Waals surface area (Å²) in [4.78, 5) is 23.8. The standard InChI is InChI=1S/C35H30F2N4O2/c1-40-16-13-23(14-17-40)21-5-7-22(8-6-21)24-9-11-27-25(19-24)15-18-41(35(27)43)33(28-20-26(36)10-12-31(28)42)34-38-30-4-2-3-29(37)32(30)39-34/h2-12,15,18-20,23,33,42H,13-14,16-17H2,1H3,(H,38,39). The number of piperidine rings is 1. The smallest absolute Gasteiger partial charge is 0.259 e. The molecule has 216 valence electrons. The molecule has 3 heterocycles. The fraction of sp³-hybridized carbons (Fsp3) is 0.200. The number of benzene rings is 4. The van der Waals surface area contributed by atoms with E-state index in [-0.39, 0.29) is 28.2 Å². The molecule has 1 unspecified atom stereocenters. The second-order valence-electron chi connectivity index (χ2n) is 11.4. The van der Waals surface area contributed by atoms with Gasteiger partial charge in [0.1, 0.15) is 28.9 Å². The van der Waals surface area contributed by atoms with Crippen LogP contribution >= 0.6 is 0 Å². The largest absolute Gasteiger partial charge is 0.508 e. The first-order valence-corrected chi connectivity index (χ1v) is 14.4. The lowest BCUT2D eigenvalue weighted by molar-refractivity contribution is 0.255. The van der Waals surface area contributed by atoms with E-state index in [0.29, 0.717) is 16.8 Å². The number of para-hydroxylation sites is 1. The van der Waals surface area contributed by atoms with Crippen LogP contribution in [0.4, 0.5) is 8.78 Å². The quantitative estimate of drug-likeness (QED) is 0.232. The molecular formula is C35H30F2N4O2. The average molecular weight is 577 g/mol. The molecule has 0 aliphatic carbocycles. The molecular weight excluding hydrogens is 546 g/mol. The Kier molecular flexibility index (Phi) is 6.78. The van der Waals surface area contributed by atoms with Crippen molar-refractivity contribution in [1.29, 1.82) is 0 Å². The van der Waals surface area contributed by atoms with Crippen molar-refractivity contribution in [2.45, 2.75) is 24.8 Å². The highest BCUT2D eigenvalue weighted by Crippen LogP contribution is 2.34. The van der Waals surface area contributed by atoms with Gasteiger partial charge >= 0.3 is 0 Å². The highest BCUT2D eigenvalue weighted by Gasteiger charge is 2.26. The molecule has 0 amide bonds. The third-order valence-electron chi connectivity index (χ3n) is 8.67. The zero-order chi connectivity index (χ0) is 29.7. The van der Waals surface area contributed by atoms with Gasteiger partial charge in [-0.3, -0.25) is 4.79 Å². The summed E-state index contributed by atoms with van der Waals surface area (Å²) < 4.78 is 30.4. The van der Waals surface area contributed by atoms with Crippen molar-refractivity contribution < 1.29 is 13.9 Å². The number of fused-ring (bicyclic) bond motifs is 2. The molecule has 4 aromatic carbocycles. The minimum atomic E-state index is -1.04. The fourth-order valence-corrected chi connectivity index (χ4v) is 6.25. The Morgan fingerprint density at radius 1 is 0.930 bits per heavy atom. The Labute approximate surface area is 246 Å². The predicted octanol–water partition coefficient (Wildman–Crippen LogP) is 6.98. The van der Waals surface area contributed by atoms with Gasteiger partial charge in [-0.25, -0.2) is 13.8 Å². The van der Waals surface area contributed by atoms with Crippen molar-refractivity contribution in [3.8, 4) is 16.9 Å². The maximum atomic E-state index is 14.5. The second-order valence-corrected chi connectivity index (χ2v) is 11.4. The highest BCUT2D eigenvalue weighted by molar-refractivity contribution is 5.86. The van der Waals surface area contributed by atoms with Crippen molar-refractivity contribution in [2.24, 2.45) is 0 Å². The van der Waals surface area contributed by atoms with E-state index in [1.165, 1.54) is 28.3 Å². The maximum Gasteiger partial charge on any atom is 0.259 e. The minimum Gasteiger partial charge on any atom is -0.508 e. The summed E-state index contributed by atoms with van der Waals surface area (Å²) in [6.07, 6.45) is 3.93. The van der Waals surface area contributed by atoms with Crippen LogP contribution in [0.15, 0.2) is 95.9 Å². The van der Waals surface area contributed by atoms with Gasteiger partial charge in [0.15, 0.2) is 5.82 Å². The van der Waals surface area contributed by atoms with Crippen LogP contribution in [-0.2, 0) is 0 Å². The van der Waals surface area contributed by atoms with Crippen LogP contribution in [0.2, 0.25) is 0 Å². The van der Waals surface area contributed by atoms with Gasteiger partial charge in [-0.15, -0.1) is 0 Å². The summed E-state index contributed by atoms with van der Waals surface area (Å²) >= 11 is 0. The molecule has 6 aromatic rings. The summed E-state index contributed by atoms with van der Waals surface area (Å²) in [6.45, 7) is 2.23. The second kappa shape index (κ2) is 10.8. The van der Waals surface area contributed by atoms with E-state index in [9.17, 15) is 18.7 Å². The van der Waals surface area contributed by atoms with E-state index in [0.717, 1.165) is 48.5 Å². The van der Waals surface area contributed by atoms with Crippen LogP contribution in [0.3, 0.4) is 0 Å². The molecule has 43 heavy (non-hydrogen) atoms. The van der Waals surface area contributed by atoms with Gasteiger partial charge in [-0.05, 0) is 110 Å². The van der Waals surface area contributed by atoms with Crippen molar-refractivity contribution in [3.05, 3.63) is 130 Å². The molecule has 1 atom stereocenters. The topological polar surface area (TPSA) is 74.2 Å². The normalized spacial score (nSPS) is 15.3. The Morgan fingerprint density at radius 3 is 2.47 bits per heavy atom. The Balaban J connectivity index is 1.29. The molecule has 1 fully saturated rings. The number of phenolic OH excluding ortho intramolecular Hbond substituents is 1. The van der Waals surface area contributed by atoms with Gasteiger partial charge in [-0.2, -0.15) is 0 Å². The van der Waals surface area contributed by atoms with Crippen LogP contribution in [0.25, 0.3) is 32.9 Å². The Morgan fingerprint density at radius 2 is 1.70 bits per heavy atom. The van der Waals surface area contributed by atoms with E-state index in [1.54, 1.807) is 24.4 Å². The third-order valence-corrected chi connectivity index (χ3v) is 8.67. The number of halogens is 2. The highest BCUT2D eigenvalue weighted by atomic mass is 19.1. The van der Waals surface area contributed by atoms with Crippen LogP contribution in [-0.4, -0.2) is 44.7 Å². The van der Waals surface area contributed by atoms with E-state index in [2.05, 4.69) is 46.2 Å². The summed E-state index contributed by atoms with van der Waals surface area (Å²) in [5.74, 6) is -0.545. The lowest BCUT2D eigenvalue weighted by Gasteiger charge is -2.29. The van der Waals surface area contributed by atoms with Crippen LogP contribution < -0.4 is 5.56 Å². The lowest BCUT2D eigenvalue weighted by atomic mass is 9.88. The molecule has 7 rings (SSSR count). The molecule has 0 saturated carbocycles. The number of phenols is 1. The summed E-state index contributed by atoms with van der Waals surface area (Å²) in [5, 5.41) is 11.9. The zero-order valence-corrected chi connectivity index (χ0v) is 23.6. The number of aromatic hydroxyl groups is 1. The Bertz CT molecular complexity index is 2020. The van der Waals surface area contributed by atoms with E-state index in [1.807, 2.05) is 18.2 Å². The molecule has 1 aliphatic heterocycles. The number of aromatic nitrogens is 3. The van der Waals surface area contributed by atoms with Gasteiger partial charge in [0.25, 0.3) is 5.56 Å². The molecule has 0 bridgehead atoms. The van der Waals surface area contributed by atoms with Gasteiger partial charge in [-0.1, -0.05) is 36.4 Å². The molecule has 2 N–H and O–H groups in total. The number of nitrogens with zero attached hydrogens (tertiary/aromatic N) is 3. The number of H-pyrrole nitrogens is 1. The summed E-state index contributed by atoms with van der Waals surface area (Å²) in [5.41, 5.74) is 3.72. The number of nitrogens with one attached hydrogen (secondary N) is 1. The number of pyridine rings is 1. The van der Waals surface area contributed by atoms with Crippen LogP contribution in [0.5, 0.6) is 5.75 Å². The molecule has 0 radical (unpaired) electrons. The molecule has 0 spiro atoms. The zero-order valence-electron chi connectivity index (χ0n) is 23.6. The maximum absolute atomic E-state index is 14.5. The van der Waals surface area contributed by atoms with Gasteiger partial charge < -0.3 is 19.6 Å². The number of likely N-dealkylation sites (tertiary alicyclic amines) is 1. The van der Waals surface area contributed by atoms with Crippen molar-refractivity contribution in [3.63, 3.8) is 0 Å². The first kappa shape index (κ1) is 27.0. The van der Waals surface area contributed by atoms with E-state index in [4.69, 9.17) is 0 Å². The number of hydrogen-bond acceptors (Lipinski definition) is 4. The van der Waals surface area contributed by atoms with E-state index >= 15 is 0 Å². The molecule has 1 aliphatic rings. The van der Waals surface area contributed by atoms with Crippen molar-refractivity contribution in [2.75, 3.05) is 20.1 Å². The summed E-state index contributed by atoms with van der Waals surface area (Å²) in [7, 11) is 2.17. The van der Waals surface area contributed by atoms with Gasteiger partial charge in [0.2, 0.25) is 0 Å². The molecule has 2 aromatic heterocycles. The summed E-state index contributed by atoms with van der Waals surface area (Å²) in [6, 6.07) is 23.2. The molecule has 8 heteroatoms. The minimum absolute atomic E-state index is 0.0960. The van der Waals surface area contributed by atoms with Gasteiger partial charge in [0, 0.05) is 17.1 Å². The monoisotopic (exact) mass is 576 g/mol. The van der Waals surface area contributed by atoms with Crippen LogP contribution in [0.1, 0.15) is 41.8 Å². The third kappa shape index (κ3) is 4.97. The lowest BCUT2D eigenvalue weighted by Crippen LogP contribution is -2.29. The SMILES string of the molecule is CN1CCC(c2ccc(-c3ccc4c(=O)n(C(c5nc6c(F)cccc6[nH]5)c5cc(F)ccc5O)ccc4c3)cc2)CC1. The number of imidazole rings is 1. The average Bonchev–Trinajstić information content (AvgIpc) is 3.46. The Hall–Kier alpha value is -4.82. The first-order valence-electron chi connectivity index (χ1n) is 14.4.